The first-order valence-electron chi connectivity index (χ1n) is 4.79. The summed E-state index contributed by atoms with van der Waals surface area (Å²) in [5, 5.41) is 13.2. The molecule has 0 saturated carbocycles. The first-order valence-corrected chi connectivity index (χ1v) is 4.79. The molecule has 1 aromatic rings. The Morgan fingerprint density at radius 3 is 2.81 bits per heavy atom. The molecule has 3 N–H and O–H groups in total. The standard InChI is InChI=1S/C10H13N3O3/c1-7-2-3-9(13(15)16)8(6-7)10(14)12-5-4-11/h2-3,6H,4-5,11H2,1H3,(H,12,14). The fourth-order valence-electron chi connectivity index (χ4n) is 1.27. The van der Waals surface area contributed by atoms with E-state index in [9.17, 15) is 14.9 Å². The number of benzene rings is 1. The Morgan fingerprint density at radius 2 is 2.25 bits per heavy atom. The quantitative estimate of drug-likeness (QED) is 0.576. The number of hydrogen-bond acceptors (Lipinski definition) is 4. The Bertz CT molecular complexity index is 418. The molecule has 0 aliphatic rings. The van der Waals surface area contributed by atoms with Crippen LogP contribution in [0.4, 0.5) is 5.69 Å². The Balaban J connectivity index is 3.04. The monoisotopic (exact) mass is 223 g/mol. The van der Waals surface area contributed by atoms with E-state index in [1.54, 1.807) is 13.0 Å². The van der Waals surface area contributed by atoms with Crippen LogP contribution in [0, 0.1) is 17.0 Å². The van der Waals surface area contributed by atoms with Gasteiger partial charge in [-0.15, -0.1) is 0 Å². The molecule has 1 amide bonds. The van der Waals surface area contributed by atoms with Gasteiger partial charge in [0.25, 0.3) is 11.6 Å². The van der Waals surface area contributed by atoms with Crippen LogP contribution in [0.1, 0.15) is 15.9 Å². The molecule has 0 saturated heterocycles. The van der Waals surface area contributed by atoms with Gasteiger partial charge in [-0.1, -0.05) is 6.07 Å². The predicted molar refractivity (Wildman–Crippen MR) is 59.2 cm³/mol. The third kappa shape index (κ3) is 2.77. The number of nitrogens with one attached hydrogen (secondary N) is 1. The smallest absolute Gasteiger partial charge is 0.282 e. The van der Waals surface area contributed by atoms with Crippen LogP contribution in [0.5, 0.6) is 0 Å². The molecule has 6 heteroatoms. The van der Waals surface area contributed by atoms with E-state index in [0.29, 0.717) is 13.1 Å². The van der Waals surface area contributed by atoms with E-state index >= 15 is 0 Å². The largest absolute Gasteiger partial charge is 0.351 e. The zero-order chi connectivity index (χ0) is 12.1. The average molecular weight is 223 g/mol. The van der Waals surface area contributed by atoms with Gasteiger partial charge in [0.05, 0.1) is 4.92 Å². The van der Waals surface area contributed by atoms with E-state index in [-0.39, 0.29) is 11.3 Å². The summed E-state index contributed by atoms with van der Waals surface area (Å²) >= 11 is 0. The molecular formula is C10H13N3O3. The van der Waals surface area contributed by atoms with Crippen molar-refractivity contribution < 1.29 is 9.72 Å². The summed E-state index contributed by atoms with van der Waals surface area (Å²) < 4.78 is 0. The number of carbonyl (C=O) groups is 1. The van der Waals surface area contributed by atoms with Crippen LogP contribution < -0.4 is 11.1 Å². The van der Waals surface area contributed by atoms with Gasteiger partial charge in [-0.25, -0.2) is 0 Å². The van der Waals surface area contributed by atoms with Gasteiger partial charge < -0.3 is 11.1 Å². The zero-order valence-electron chi connectivity index (χ0n) is 8.90. The normalized spacial score (nSPS) is 9.88. The van der Waals surface area contributed by atoms with Crippen LogP contribution in [0.2, 0.25) is 0 Å². The van der Waals surface area contributed by atoms with Gasteiger partial charge in [-0.05, 0) is 18.6 Å². The maximum absolute atomic E-state index is 11.6. The van der Waals surface area contributed by atoms with Gasteiger partial charge in [0.2, 0.25) is 0 Å². The lowest BCUT2D eigenvalue weighted by atomic mass is 10.1. The second-order valence-electron chi connectivity index (χ2n) is 3.32. The summed E-state index contributed by atoms with van der Waals surface area (Å²) in [6.45, 7) is 2.36. The van der Waals surface area contributed by atoms with Crippen LogP contribution in [-0.4, -0.2) is 23.9 Å². The first-order chi connectivity index (χ1) is 7.56. The number of nitrogens with two attached hydrogens (primary N) is 1. The molecule has 86 valence electrons. The highest BCUT2D eigenvalue weighted by Gasteiger charge is 2.19. The van der Waals surface area contributed by atoms with Crippen LogP contribution in [0.25, 0.3) is 0 Å². The summed E-state index contributed by atoms with van der Waals surface area (Å²) in [5.41, 5.74) is 5.90. The highest BCUT2D eigenvalue weighted by Crippen LogP contribution is 2.19. The molecule has 0 aliphatic carbocycles. The Labute approximate surface area is 92.6 Å². The van der Waals surface area contributed by atoms with E-state index in [0.717, 1.165) is 5.56 Å². The van der Waals surface area contributed by atoms with Gasteiger partial charge in [0.1, 0.15) is 5.56 Å². The van der Waals surface area contributed by atoms with Crippen LogP contribution >= 0.6 is 0 Å². The van der Waals surface area contributed by atoms with Crippen LogP contribution in [-0.2, 0) is 0 Å². The van der Waals surface area contributed by atoms with Crippen molar-refractivity contribution in [2.75, 3.05) is 13.1 Å². The minimum atomic E-state index is -0.573. The second kappa shape index (κ2) is 5.22. The molecular weight excluding hydrogens is 210 g/mol. The van der Waals surface area contributed by atoms with Crippen molar-refractivity contribution in [1.82, 2.24) is 5.32 Å². The lowest BCUT2D eigenvalue weighted by Crippen LogP contribution is -2.29. The predicted octanol–water partition coefficient (Wildman–Crippen LogP) is 0.592. The number of nitro benzene ring substituents is 1. The second-order valence-corrected chi connectivity index (χ2v) is 3.32. The van der Waals surface area contributed by atoms with Crippen molar-refractivity contribution in [3.63, 3.8) is 0 Å². The molecule has 0 radical (unpaired) electrons. The van der Waals surface area contributed by atoms with Gasteiger partial charge in [-0.2, -0.15) is 0 Å². The Hall–Kier alpha value is -1.95. The third-order valence-corrected chi connectivity index (χ3v) is 2.02. The fourth-order valence-corrected chi connectivity index (χ4v) is 1.27. The van der Waals surface area contributed by atoms with Crippen LogP contribution in [0.3, 0.4) is 0 Å². The maximum Gasteiger partial charge on any atom is 0.282 e. The zero-order valence-corrected chi connectivity index (χ0v) is 8.90. The van der Waals surface area contributed by atoms with E-state index in [1.165, 1.54) is 12.1 Å². The summed E-state index contributed by atoms with van der Waals surface area (Å²) in [4.78, 5) is 21.7. The molecule has 0 bridgehead atoms. The summed E-state index contributed by atoms with van der Waals surface area (Å²) in [7, 11) is 0. The summed E-state index contributed by atoms with van der Waals surface area (Å²) in [5.74, 6) is -0.471. The van der Waals surface area contributed by atoms with Gasteiger partial charge in [0.15, 0.2) is 0 Å². The third-order valence-electron chi connectivity index (χ3n) is 2.02. The molecule has 6 nitrogen and oxygen atoms in total. The summed E-state index contributed by atoms with van der Waals surface area (Å²) in [6, 6.07) is 4.41. The van der Waals surface area contributed by atoms with Crippen molar-refractivity contribution in [3.8, 4) is 0 Å². The topological polar surface area (TPSA) is 98.3 Å². The molecule has 0 aliphatic heterocycles. The minimum Gasteiger partial charge on any atom is -0.351 e. The molecule has 0 unspecified atom stereocenters. The molecule has 0 aromatic heterocycles. The molecule has 0 spiro atoms. The molecule has 1 aromatic carbocycles. The highest BCUT2D eigenvalue weighted by atomic mass is 16.6. The molecule has 0 atom stereocenters. The first kappa shape index (κ1) is 12.1. The Morgan fingerprint density at radius 1 is 1.56 bits per heavy atom. The van der Waals surface area contributed by atoms with Crippen molar-refractivity contribution in [1.29, 1.82) is 0 Å². The lowest BCUT2D eigenvalue weighted by molar-refractivity contribution is -0.385. The Kier molecular flexibility index (Phi) is 3.96. The van der Waals surface area contributed by atoms with Gasteiger partial charge in [0, 0.05) is 19.2 Å². The molecule has 0 fully saturated rings. The van der Waals surface area contributed by atoms with E-state index in [1.807, 2.05) is 0 Å². The van der Waals surface area contributed by atoms with Gasteiger partial charge >= 0.3 is 0 Å². The van der Waals surface area contributed by atoms with Crippen molar-refractivity contribution in [3.05, 3.63) is 39.4 Å². The average Bonchev–Trinajstić information content (AvgIpc) is 2.25. The molecule has 1 rings (SSSR count). The van der Waals surface area contributed by atoms with Crippen molar-refractivity contribution in [2.45, 2.75) is 6.92 Å². The number of carbonyl (C=O) groups excluding carboxylic acids is 1. The summed E-state index contributed by atoms with van der Waals surface area (Å²) in [6.07, 6.45) is 0. The maximum atomic E-state index is 11.6. The molecule has 0 heterocycles. The SMILES string of the molecule is Cc1ccc([N+](=O)[O-])c(C(=O)NCCN)c1. The minimum absolute atomic E-state index is 0.0680. The lowest BCUT2D eigenvalue weighted by Gasteiger charge is -2.05. The number of nitro groups is 1. The van der Waals surface area contributed by atoms with Crippen molar-refractivity contribution in [2.24, 2.45) is 5.73 Å². The number of amides is 1. The van der Waals surface area contributed by atoms with Crippen LogP contribution in [0.15, 0.2) is 18.2 Å². The number of aryl methyl sites for hydroxylation is 1. The van der Waals surface area contributed by atoms with E-state index in [2.05, 4.69) is 5.32 Å². The van der Waals surface area contributed by atoms with E-state index in [4.69, 9.17) is 5.73 Å². The highest BCUT2D eigenvalue weighted by molar-refractivity contribution is 5.98. The number of nitrogens with zero attached hydrogens (tertiary/aromatic N) is 1. The number of hydrogen-bond donors (Lipinski definition) is 2. The fraction of sp³-hybridized carbons (Fsp3) is 0.300. The van der Waals surface area contributed by atoms with E-state index < -0.39 is 10.8 Å². The van der Waals surface area contributed by atoms with Gasteiger partial charge in [-0.3, -0.25) is 14.9 Å². The number of rotatable bonds is 4. The molecule has 16 heavy (non-hydrogen) atoms. The van der Waals surface area contributed by atoms with Crippen molar-refractivity contribution >= 4 is 11.6 Å².